The van der Waals surface area contributed by atoms with Crippen molar-refractivity contribution in [3.05, 3.63) is 23.8 Å². The molecule has 0 spiro atoms. The molecule has 0 heterocycles. The largest absolute Gasteiger partial charge is 0.495 e. The van der Waals surface area contributed by atoms with Gasteiger partial charge in [-0.2, -0.15) is 0 Å². The molecule has 116 valence electrons. The van der Waals surface area contributed by atoms with Gasteiger partial charge in [-0.3, -0.25) is 9.59 Å². The number of nitrogens with one attached hydrogen (secondary N) is 1. The number of amides is 2. The highest BCUT2D eigenvalue weighted by atomic mass is 16.5. The van der Waals surface area contributed by atoms with Gasteiger partial charge < -0.3 is 20.7 Å². The van der Waals surface area contributed by atoms with Gasteiger partial charge in [0.05, 0.1) is 18.8 Å². The van der Waals surface area contributed by atoms with Gasteiger partial charge in [0.2, 0.25) is 5.91 Å². The molecule has 0 fully saturated rings. The third-order valence-corrected chi connectivity index (χ3v) is 3.05. The van der Waals surface area contributed by atoms with Gasteiger partial charge in [-0.25, -0.2) is 0 Å². The molecular weight excluding hydrogens is 270 g/mol. The minimum atomic E-state index is -0.553. The predicted molar refractivity (Wildman–Crippen MR) is 82.5 cm³/mol. The Hall–Kier alpha value is -2.08. The number of carbonyl (C=O) groups excluding carboxylic acids is 2. The van der Waals surface area contributed by atoms with E-state index in [-0.39, 0.29) is 11.8 Å². The van der Waals surface area contributed by atoms with E-state index >= 15 is 0 Å². The minimum Gasteiger partial charge on any atom is -0.495 e. The summed E-state index contributed by atoms with van der Waals surface area (Å²) < 4.78 is 5.23. The molecule has 1 aromatic rings. The zero-order valence-electron chi connectivity index (χ0n) is 13.0. The highest BCUT2D eigenvalue weighted by Crippen LogP contribution is 2.26. The lowest BCUT2D eigenvalue weighted by Gasteiger charge is -2.16. The van der Waals surface area contributed by atoms with Crippen molar-refractivity contribution in [3.63, 3.8) is 0 Å². The van der Waals surface area contributed by atoms with E-state index in [0.717, 1.165) is 6.42 Å². The van der Waals surface area contributed by atoms with Crippen molar-refractivity contribution < 1.29 is 14.3 Å². The van der Waals surface area contributed by atoms with Gasteiger partial charge in [0.15, 0.2) is 0 Å². The topological polar surface area (TPSA) is 84.7 Å². The van der Waals surface area contributed by atoms with Crippen molar-refractivity contribution in [3.8, 4) is 5.75 Å². The Kier molecular flexibility index (Phi) is 6.17. The summed E-state index contributed by atoms with van der Waals surface area (Å²) in [5.41, 5.74) is 6.77. The molecule has 6 nitrogen and oxygen atoms in total. The van der Waals surface area contributed by atoms with Crippen LogP contribution in [0.2, 0.25) is 0 Å². The Labute approximate surface area is 125 Å². The van der Waals surface area contributed by atoms with Crippen LogP contribution in [0.4, 0.5) is 5.69 Å². The molecule has 0 saturated carbocycles. The molecule has 0 aliphatic heterocycles. The molecule has 6 heteroatoms. The van der Waals surface area contributed by atoms with Crippen molar-refractivity contribution in [2.75, 3.05) is 26.5 Å². The fourth-order valence-electron chi connectivity index (χ4n) is 1.85. The van der Waals surface area contributed by atoms with Gasteiger partial charge in [-0.15, -0.1) is 0 Å². The van der Waals surface area contributed by atoms with Gasteiger partial charge in [-0.05, 0) is 24.6 Å². The number of hydrogen-bond acceptors (Lipinski definition) is 4. The van der Waals surface area contributed by atoms with E-state index in [9.17, 15) is 9.59 Å². The molecule has 1 unspecified atom stereocenters. The van der Waals surface area contributed by atoms with Crippen LogP contribution < -0.4 is 15.8 Å². The van der Waals surface area contributed by atoms with Crippen LogP contribution in [0.25, 0.3) is 0 Å². The Bertz CT molecular complexity index is 515. The first-order valence-corrected chi connectivity index (χ1v) is 6.86. The molecular formula is C15H23N3O3. The highest BCUT2D eigenvalue weighted by molar-refractivity contribution is 5.98. The number of benzene rings is 1. The van der Waals surface area contributed by atoms with Crippen LogP contribution in [0, 0.1) is 0 Å². The summed E-state index contributed by atoms with van der Waals surface area (Å²) in [5.74, 6) is 0.0374. The second-order valence-corrected chi connectivity index (χ2v) is 5.00. The van der Waals surface area contributed by atoms with Crippen molar-refractivity contribution in [2.45, 2.75) is 25.8 Å². The number of hydrogen-bond donors (Lipinski definition) is 2. The van der Waals surface area contributed by atoms with E-state index in [1.807, 2.05) is 6.92 Å². The van der Waals surface area contributed by atoms with Gasteiger partial charge >= 0.3 is 0 Å². The first-order chi connectivity index (χ1) is 9.90. The Balaban J connectivity index is 2.94. The van der Waals surface area contributed by atoms with E-state index in [1.165, 1.54) is 12.0 Å². The SMILES string of the molecule is CCCC(N)C(=O)Nc1ccc(C(=O)N(C)C)cc1OC. The number of rotatable bonds is 6. The average Bonchev–Trinajstić information content (AvgIpc) is 2.46. The van der Waals surface area contributed by atoms with E-state index in [0.29, 0.717) is 23.4 Å². The fourth-order valence-corrected chi connectivity index (χ4v) is 1.85. The monoisotopic (exact) mass is 293 g/mol. The van der Waals surface area contributed by atoms with Gasteiger partial charge in [-0.1, -0.05) is 13.3 Å². The summed E-state index contributed by atoms with van der Waals surface area (Å²) in [6.07, 6.45) is 1.45. The maximum atomic E-state index is 11.9. The van der Waals surface area contributed by atoms with Crippen LogP contribution in [0.5, 0.6) is 5.75 Å². The first kappa shape index (κ1) is 17.0. The first-order valence-electron chi connectivity index (χ1n) is 6.86. The van der Waals surface area contributed by atoms with Crippen LogP contribution in [0.15, 0.2) is 18.2 Å². The normalized spacial score (nSPS) is 11.7. The second kappa shape index (κ2) is 7.64. The van der Waals surface area contributed by atoms with Gasteiger partial charge in [0.25, 0.3) is 5.91 Å². The van der Waals surface area contributed by atoms with Crippen LogP contribution in [-0.4, -0.2) is 44.0 Å². The van der Waals surface area contributed by atoms with Crippen LogP contribution in [0.1, 0.15) is 30.1 Å². The zero-order chi connectivity index (χ0) is 16.0. The fraction of sp³-hybridized carbons (Fsp3) is 0.467. The van der Waals surface area contributed by atoms with Crippen LogP contribution >= 0.6 is 0 Å². The Morgan fingerprint density at radius 1 is 1.38 bits per heavy atom. The van der Waals surface area contributed by atoms with Gasteiger partial charge in [0, 0.05) is 19.7 Å². The predicted octanol–water partition coefficient (Wildman–Crippen LogP) is 1.46. The summed E-state index contributed by atoms with van der Waals surface area (Å²) in [5, 5.41) is 2.73. The van der Waals surface area contributed by atoms with E-state index in [1.54, 1.807) is 32.3 Å². The second-order valence-electron chi connectivity index (χ2n) is 5.00. The summed E-state index contributed by atoms with van der Waals surface area (Å²) in [7, 11) is 4.84. The minimum absolute atomic E-state index is 0.131. The lowest BCUT2D eigenvalue weighted by atomic mass is 10.1. The van der Waals surface area contributed by atoms with Crippen molar-refractivity contribution >= 4 is 17.5 Å². The number of anilines is 1. The van der Waals surface area contributed by atoms with E-state index < -0.39 is 6.04 Å². The van der Waals surface area contributed by atoms with Crippen LogP contribution in [-0.2, 0) is 4.79 Å². The van der Waals surface area contributed by atoms with Crippen molar-refractivity contribution in [1.82, 2.24) is 4.90 Å². The summed E-state index contributed by atoms with van der Waals surface area (Å²) >= 11 is 0. The van der Waals surface area contributed by atoms with E-state index in [4.69, 9.17) is 10.5 Å². The van der Waals surface area contributed by atoms with Crippen molar-refractivity contribution in [2.24, 2.45) is 5.73 Å². The summed E-state index contributed by atoms with van der Waals surface area (Å²) in [6, 6.07) is 4.34. The Morgan fingerprint density at radius 3 is 2.57 bits per heavy atom. The molecule has 1 rings (SSSR count). The molecule has 2 amide bonds. The van der Waals surface area contributed by atoms with Crippen LogP contribution in [0.3, 0.4) is 0 Å². The molecule has 0 bridgehead atoms. The number of nitrogens with zero attached hydrogens (tertiary/aromatic N) is 1. The molecule has 0 saturated heterocycles. The van der Waals surface area contributed by atoms with Crippen molar-refractivity contribution in [1.29, 1.82) is 0 Å². The molecule has 21 heavy (non-hydrogen) atoms. The summed E-state index contributed by atoms with van der Waals surface area (Å²) in [4.78, 5) is 25.3. The highest BCUT2D eigenvalue weighted by Gasteiger charge is 2.16. The standard InChI is InChI=1S/C15H23N3O3/c1-5-6-11(16)14(19)17-12-8-7-10(9-13(12)21-4)15(20)18(2)3/h7-9,11H,5-6,16H2,1-4H3,(H,17,19). The quantitative estimate of drug-likeness (QED) is 0.831. The third kappa shape index (κ3) is 4.46. The zero-order valence-corrected chi connectivity index (χ0v) is 13.0. The molecule has 0 aliphatic rings. The summed E-state index contributed by atoms with van der Waals surface area (Å²) in [6.45, 7) is 1.97. The smallest absolute Gasteiger partial charge is 0.253 e. The maximum absolute atomic E-state index is 11.9. The average molecular weight is 293 g/mol. The number of ether oxygens (including phenoxy) is 1. The Morgan fingerprint density at radius 2 is 2.05 bits per heavy atom. The molecule has 1 atom stereocenters. The maximum Gasteiger partial charge on any atom is 0.253 e. The molecule has 1 aromatic carbocycles. The molecule has 0 radical (unpaired) electrons. The third-order valence-electron chi connectivity index (χ3n) is 3.05. The number of nitrogens with two attached hydrogens (primary N) is 1. The lowest BCUT2D eigenvalue weighted by molar-refractivity contribution is -0.117. The number of methoxy groups -OCH3 is 1. The van der Waals surface area contributed by atoms with E-state index in [2.05, 4.69) is 5.32 Å². The molecule has 0 aliphatic carbocycles. The number of carbonyl (C=O) groups is 2. The molecule has 3 N–H and O–H groups in total. The lowest BCUT2D eigenvalue weighted by Crippen LogP contribution is -2.35. The molecule has 0 aromatic heterocycles. The van der Waals surface area contributed by atoms with Gasteiger partial charge in [0.1, 0.15) is 5.75 Å².